The molecule has 0 saturated carbocycles. The molecule has 1 aromatic heterocycles. The number of methoxy groups -OCH3 is 1. The maximum atomic E-state index is 13.1. The smallest absolute Gasteiger partial charge is 0.406 e. The summed E-state index contributed by atoms with van der Waals surface area (Å²) in [5.74, 6) is -0.238. The molecule has 10 nitrogen and oxygen atoms in total. The Labute approximate surface area is 254 Å². The van der Waals surface area contributed by atoms with Gasteiger partial charge in [0.05, 0.1) is 19.1 Å². The van der Waals surface area contributed by atoms with Crippen LogP contribution in [0.1, 0.15) is 107 Å². The molecule has 1 amide bonds. The summed E-state index contributed by atoms with van der Waals surface area (Å²) >= 11 is 0. The normalized spacial score (nSPS) is 12.8. The summed E-state index contributed by atoms with van der Waals surface area (Å²) in [4.78, 5) is 24.3. The number of nitrogens with zero attached hydrogens (tertiary/aromatic N) is 3. The number of benzene rings is 2. The molecule has 0 fully saturated rings. The molecule has 1 unspecified atom stereocenters. The van der Waals surface area contributed by atoms with E-state index in [1.165, 1.54) is 63.2 Å². The van der Waals surface area contributed by atoms with E-state index in [0.717, 1.165) is 37.7 Å². The number of carbonyl (C=O) groups excluding carboxylic acids is 1. The Balaban J connectivity index is 1.29. The van der Waals surface area contributed by atoms with Crippen LogP contribution in [-0.2, 0) is 16.1 Å². The average Bonchev–Trinajstić information content (AvgIpc) is 3.36. The second kappa shape index (κ2) is 19.6. The number of carboxylic acid groups (broad SMARTS) is 1. The first-order chi connectivity index (χ1) is 21.0. The van der Waals surface area contributed by atoms with Crippen molar-refractivity contribution in [2.45, 2.75) is 115 Å². The summed E-state index contributed by atoms with van der Waals surface area (Å²) < 4.78 is 12.5. The summed E-state index contributed by atoms with van der Waals surface area (Å²) in [7, 11) is 1.53. The van der Waals surface area contributed by atoms with E-state index in [0.29, 0.717) is 28.9 Å². The zero-order valence-electron chi connectivity index (χ0n) is 25.5. The molecule has 236 valence electrons. The molecule has 0 saturated heterocycles. The van der Waals surface area contributed by atoms with Crippen LogP contribution in [0.4, 0.5) is 4.79 Å². The second-order valence-electron chi connectivity index (χ2n) is 11.2. The highest BCUT2D eigenvalue weighted by molar-refractivity contribution is 5.87. The minimum Gasteiger partial charge on any atom is -0.691 e. The maximum absolute atomic E-state index is 13.1. The molecular formula is C33H48N4O6. The van der Waals surface area contributed by atoms with Crippen molar-refractivity contribution >= 4 is 23.0 Å². The number of hydrogen-bond donors (Lipinski definition) is 2. The van der Waals surface area contributed by atoms with Crippen molar-refractivity contribution in [3.05, 3.63) is 65.4 Å². The second-order valence-corrected chi connectivity index (χ2v) is 11.2. The summed E-state index contributed by atoms with van der Waals surface area (Å²) in [5.41, 5.74) is 1.95. The van der Waals surface area contributed by atoms with Crippen molar-refractivity contribution < 1.29 is 29.0 Å². The molecule has 2 atom stereocenters. The standard InChI is InChI=1S/C33H48N4O6/c1-42-31(34-33(39)40)24-16-11-9-7-5-3-2-4-6-8-10-15-21-28(43-26-27-19-13-12-14-20-27)25-32(38)36-29-22-17-18-23-30(29)37(41)35-36/h12-14,17-20,22-23,28,31,34H,2-11,15-16,21,24-26H2,1H3,(H,39,40)/t28-,31?/m1/s1. The fourth-order valence-corrected chi connectivity index (χ4v) is 5.34. The van der Waals surface area contributed by atoms with Gasteiger partial charge in [0.1, 0.15) is 11.4 Å². The topological polar surface area (TPSA) is 130 Å². The van der Waals surface area contributed by atoms with Crippen LogP contribution >= 0.6 is 0 Å². The number of nitrogens with one attached hydrogen (secondary N) is 1. The van der Waals surface area contributed by atoms with Crippen molar-refractivity contribution in [2.24, 2.45) is 0 Å². The van der Waals surface area contributed by atoms with Gasteiger partial charge in [-0.25, -0.2) is 9.59 Å². The lowest BCUT2D eigenvalue weighted by Crippen LogP contribution is -2.34. The van der Waals surface area contributed by atoms with Crippen LogP contribution in [0.25, 0.3) is 11.0 Å². The summed E-state index contributed by atoms with van der Waals surface area (Å²) in [6.07, 6.45) is 13.9. The van der Waals surface area contributed by atoms with Crippen molar-refractivity contribution in [3.63, 3.8) is 0 Å². The van der Waals surface area contributed by atoms with E-state index in [4.69, 9.17) is 14.6 Å². The van der Waals surface area contributed by atoms with Gasteiger partial charge >= 0.3 is 12.0 Å². The van der Waals surface area contributed by atoms with Crippen LogP contribution in [0.3, 0.4) is 0 Å². The summed E-state index contributed by atoms with van der Waals surface area (Å²) in [6.45, 7) is 0.440. The third-order valence-electron chi connectivity index (χ3n) is 7.77. The maximum Gasteiger partial charge on any atom is 0.406 e. The lowest BCUT2D eigenvalue weighted by molar-refractivity contribution is -0.645. The Kier molecular flexibility index (Phi) is 15.5. The monoisotopic (exact) mass is 596 g/mol. The predicted octanol–water partition coefficient (Wildman–Crippen LogP) is 6.99. The fraction of sp³-hybridized carbons (Fsp3) is 0.576. The van der Waals surface area contributed by atoms with Crippen LogP contribution in [0.2, 0.25) is 0 Å². The summed E-state index contributed by atoms with van der Waals surface area (Å²) in [5, 5.41) is 27.2. The third-order valence-corrected chi connectivity index (χ3v) is 7.77. The van der Waals surface area contributed by atoms with E-state index >= 15 is 0 Å². The number of unbranched alkanes of at least 4 members (excludes halogenated alkanes) is 11. The molecular weight excluding hydrogens is 548 g/mol. The van der Waals surface area contributed by atoms with E-state index in [9.17, 15) is 14.8 Å². The number of ether oxygens (including phenoxy) is 2. The molecule has 0 aliphatic carbocycles. The van der Waals surface area contributed by atoms with Gasteiger partial charge in [0, 0.05) is 7.11 Å². The van der Waals surface area contributed by atoms with E-state index in [2.05, 4.69) is 10.5 Å². The zero-order chi connectivity index (χ0) is 30.7. The minimum atomic E-state index is -1.05. The number of aromatic nitrogens is 3. The van der Waals surface area contributed by atoms with Crippen molar-refractivity contribution in [1.82, 2.24) is 15.2 Å². The van der Waals surface area contributed by atoms with Crippen molar-refractivity contribution in [2.75, 3.05) is 7.11 Å². The van der Waals surface area contributed by atoms with Gasteiger partial charge < -0.3 is 19.8 Å². The highest BCUT2D eigenvalue weighted by atomic mass is 16.5. The first-order valence-corrected chi connectivity index (χ1v) is 15.8. The average molecular weight is 597 g/mol. The van der Waals surface area contributed by atoms with Gasteiger partial charge in [-0.3, -0.25) is 5.32 Å². The number of fused-ring (bicyclic) bond motifs is 1. The number of rotatable bonds is 22. The lowest BCUT2D eigenvalue weighted by Gasteiger charge is -2.16. The Bertz CT molecular complexity index is 1220. The molecule has 0 spiro atoms. The highest BCUT2D eigenvalue weighted by Crippen LogP contribution is 2.18. The quantitative estimate of drug-likeness (QED) is 0.0553. The Morgan fingerprint density at radius 1 is 0.860 bits per heavy atom. The molecule has 2 aromatic carbocycles. The molecule has 10 heteroatoms. The van der Waals surface area contributed by atoms with Crippen LogP contribution in [0.15, 0.2) is 54.6 Å². The highest BCUT2D eigenvalue weighted by Gasteiger charge is 2.25. The van der Waals surface area contributed by atoms with Crippen molar-refractivity contribution in [3.8, 4) is 0 Å². The Hall–Kier alpha value is -3.50. The molecule has 1 heterocycles. The van der Waals surface area contributed by atoms with Gasteiger partial charge in [0.25, 0.3) is 0 Å². The molecule has 0 aliphatic rings. The SMILES string of the molecule is COC(CCCCCCCCCCCCCC[C@H](CC(=O)n1n[n+]([O-])c2ccccc21)OCc1ccccc1)NC(=O)O. The van der Waals surface area contributed by atoms with Crippen LogP contribution in [0.5, 0.6) is 0 Å². The first kappa shape index (κ1) is 34.0. The van der Waals surface area contributed by atoms with Gasteiger partial charge in [0.15, 0.2) is 0 Å². The van der Waals surface area contributed by atoms with Crippen LogP contribution in [-0.4, -0.2) is 46.4 Å². The van der Waals surface area contributed by atoms with Gasteiger partial charge in [0.2, 0.25) is 11.0 Å². The lowest BCUT2D eigenvalue weighted by atomic mass is 10.0. The molecule has 3 aromatic rings. The van der Waals surface area contributed by atoms with Crippen LogP contribution in [0, 0.1) is 5.21 Å². The molecule has 0 aliphatic heterocycles. The van der Waals surface area contributed by atoms with E-state index in [1.807, 2.05) is 30.3 Å². The Morgan fingerprint density at radius 3 is 2.02 bits per heavy atom. The van der Waals surface area contributed by atoms with Gasteiger partial charge in [-0.05, 0) is 37.0 Å². The fourth-order valence-electron chi connectivity index (χ4n) is 5.34. The number of para-hydroxylation sites is 2. The molecule has 0 radical (unpaired) electrons. The van der Waals surface area contributed by atoms with Gasteiger partial charge in [-0.1, -0.05) is 118 Å². The first-order valence-electron chi connectivity index (χ1n) is 15.8. The third kappa shape index (κ3) is 12.7. The largest absolute Gasteiger partial charge is 0.691 e. The predicted molar refractivity (Wildman–Crippen MR) is 166 cm³/mol. The number of carbonyl (C=O) groups is 2. The molecule has 0 bridgehead atoms. The zero-order valence-corrected chi connectivity index (χ0v) is 25.5. The van der Waals surface area contributed by atoms with Crippen LogP contribution < -0.4 is 10.2 Å². The van der Waals surface area contributed by atoms with Crippen molar-refractivity contribution in [1.29, 1.82) is 0 Å². The minimum absolute atomic E-state index is 0.171. The number of hydrogen-bond acceptors (Lipinski definition) is 6. The summed E-state index contributed by atoms with van der Waals surface area (Å²) in [6, 6.07) is 16.9. The molecule has 2 N–H and O–H groups in total. The van der Waals surface area contributed by atoms with E-state index < -0.39 is 12.3 Å². The van der Waals surface area contributed by atoms with E-state index in [-0.39, 0.29) is 18.4 Å². The van der Waals surface area contributed by atoms with Gasteiger partial charge in [-0.15, -0.1) is 4.85 Å². The molecule has 3 rings (SSSR count). The number of amides is 1. The van der Waals surface area contributed by atoms with Gasteiger partial charge in [-0.2, -0.15) is 0 Å². The molecule has 43 heavy (non-hydrogen) atoms. The van der Waals surface area contributed by atoms with E-state index in [1.54, 1.807) is 24.3 Å². The Morgan fingerprint density at radius 2 is 1.42 bits per heavy atom.